The zero-order valence-electron chi connectivity index (χ0n) is 42.8. The molecule has 6 heteroatoms. The van der Waals surface area contributed by atoms with Crippen molar-refractivity contribution in [3.8, 4) is 0 Å². The highest BCUT2D eigenvalue weighted by Crippen LogP contribution is 2.17. The van der Waals surface area contributed by atoms with E-state index in [1.807, 2.05) is 0 Å². The summed E-state index contributed by atoms with van der Waals surface area (Å²) in [6.07, 6.45) is 65.0. The minimum absolute atomic E-state index is 0.362. The zero-order chi connectivity index (χ0) is 46.7. The van der Waals surface area contributed by atoms with E-state index >= 15 is 0 Å². The van der Waals surface area contributed by atoms with Crippen molar-refractivity contribution < 1.29 is 25.2 Å². The van der Waals surface area contributed by atoms with Crippen molar-refractivity contribution in [2.45, 2.75) is 321 Å². The van der Waals surface area contributed by atoms with E-state index in [0.717, 1.165) is 44.9 Å². The van der Waals surface area contributed by atoms with Crippen LogP contribution in [0, 0.1) is 0 Å². The number of aliphatic hydroxyl groups excluding tert-OH is 4. The highest BCUT2D eigenvalue weighted by atomic mass is 16.3. The third-order valence-corrected chi connectivity index (χ3v) is 13.3. The molecule has 64 heavy (non-hydrogen) atoms. The summed E-state index contributed by atoms with van der Waals surface area (Å²) in [5, 5.41) is 44.0. The van der Waals surface area contributed by atoms with E-state index in [-0.39, 0.29) is 0 Å². The Morgan fingerprint density at radius 3 is 1.03 bits per heavy atom. The molecule has 0 aliphatic carbocycles. The second kappa shape index (κ2) is 52.5. The van der Waals surface area contributed by atoms with Crippen LogP contribution in [-0.2, 0) is 4.79 Å². The lowest BCUT2D eigenvalue weighted by atomic mass is 10.00. The molecule has 6 nitrogen and oxygen atoms in total. The molecular weight excluding hydrogens is 791 g/mol. The normalized spacial score (nSPS) is 14.0. The molecule has 4 atom stereocenters. The molecule has 5 N–H and O–H groups in total. The molecule has 0 heterocycles. The predicted octanol–water partition coefficient (Wildman–Crippen LogP) is 16.4. The van der Waals surface area contributed by atoms with Gasteiger partial charge in [-0.25, -0.2) is 0 Å². The van der Waals surface area contributed by atoms with Crippen molar-refractivity contribution in [1.82, 2.24) is 5.32 Å². The van der Waals surface area contributed by atoms with Gasteiger partial charge in [0.25, 0.3) is 0 Å². The molecule has 1 amide bonds. The van der Waals surface area contributed by atoms with Crippen molar-refractivity contribution >= 4 is 5.91 Å². The first-order valence-electron chi connectivity index (χ1n) is 28.4. The Morgan fingerprint density at radius 2 is 0.688 bits per heavy atom. The molecule has 0 aromatic carbocycles. The number of hydrogen-bond donors (Lipinski definition) is 5. The predicted molar refractivity (Wildman–Crippen MR) is 279 cm³/mol. The summed E-state index contributed by atoms with van der Waals surface area (Å²) in [5.74, 6) is -0.592. The lowest BCUT2D eigenvalue weighted by Gasteiger charge is -2.27. The number of nitrogens with one attached hydrogen (secondary N) is 1. The number of carbonyl (C=O) groups excluding carboxylic acids is 1. The highest BCUT2D eigenvalue weighted by molar-refractivity contribution is 5.80. The van der Waals surface area contributed by atoms with Gasteiger partial charge >= 0.3 is 0 Å². The Morgan fingerprint density at radius 1 is 0.391 bits per heavy atom. The maximum absolute atomic E-state index is 12.6. The lowest BCUT2D eigenvalue weighted by molar-refractivity contribution is -0.132. The maximum atomic E-state index is 12.6. The first-order valence-corrected chi connectivity index (χ1v) is 28.4. The van der Waals surface area contributed by atoms with Gasteiger partial charge in [-0.05, 0) is 70.6 Å². The molecule has 378 valence electrons. The SMILES string of the molecule is CCCCCCCCCCC/C=C\C/C=C\CCCCCCCCCCCCCCC(O)C(=O)NC(CO)C(O)C(O)CCC/C=C/CCCCCCCCCCCCCCCCC. The molecule has 0 aliphatic heterocycles. The average molecular weight is 903 g/mol. The quantitative estimate of drug-likeness (QED) is 0.0309. The van der Waals surface area contributed by atoms with Gasteiger partial charge < -0.3 is 25.7 Å². The van der Waals surface area contributed by atoms with Crippen molar-refractivity contribution in [3.63, 3.8) is 0 Å². The summed E-state index contributed by atoms with van der Waals surface area (Å²) in [5.41, 5.74) is 0. The van der Waals surface area contributed by atoms with Crippen LogP contribution < -0.4 is 5.32 Å². The molecule has 0 aliphatic rings. The fraction of sp³-hybridized carbons (Fsp3) is 0.879. The summed E-state index contributed by atoms with van der Waals surface area (Å²) in [6.45, 7) is 4.07. The van der Waals surface area contributed by atoms with Gasteiger partial charge in [0.2, 0.25) is 5.91 Å². The van der Waals surface area contributed by atoms with Crippen LogP contribution in [0.2, 0.25) is 0 Å². The highest BCUT2D eigenvalue weighted by Gasteiger charge is 2.28. The van der Waals surface area contributed by atoms with Crippen molar-refractivity contribution in [2.75, 3.05) is 6.61 Å². The molecule has 0 spiro atoms. The Hall–Kier alpha value is -1.47. The van der Waals surface area contributed by atoms with Crippen molar-refractivity contribution in [2.24, 2.45) is 0 Å². The number of carbonyl (C=O) groups is 1. The van der Waals surface area contributed by atoms with Gasteiger partial charge in [-0.2, -0.15) is 0 Å². The summed E-state index contributed by atoms with van der Waals surface area (Å²) >= 11 is 0. The van der Waals surface area contributed by atoms with E-state index in [0.29, 0.717) is 12.8 Å². The van der Waals surface area contributed by atoms with E-state index < -0.39 is 36.9 Å². The topological polar surface area (TPSA) is 110 Å². The molecule has 0 aromatic rings. The largest absolute Gasteiger partial charge is 0.394 e. The monoisotopic (exact) mass is 902 g/mol. The molecule has 0 rings (SSSR count). The Kier molecular flexibility index (Phi) is 51.3. The third kappa shape index (κ3) is 45.7. The van der Waals surface area contributed by atoms with Crippen LogP contribution in [0.15, 0.2) is 36.5 Å². The summed E-state index contributed by atoms with van der Waals surface area (Å²) in [4.78, 5) is 12.6. The lowest BCUT2D eigenvalue weighted by Crippen LogP contribution is -2.53. The molecule has 0 bridgehead atoms. The number of unbranched alkanes of at least 4 members (excludes halogenated alkanes) is 37. The van der Waals surface area contributed by atoms with Crippen LogP contribution in [-0.4, -0.2) is 57.3 Å². The summed E-state index contributed by atoms with van der Waals surface area (Å²) < 4.78 is 0. The molecule has 0 fully saturated rings. The summed E-state index contributed by atoms with van der Waals surface area (Å²) in [7, 11) is 0. The third-order valence-electron chi connectivity index (χ3n) is 13.3. The second-order valence-corrected chi connectivity index (χ2v) is 19.6. The standard InChI is InChI=1S/C58H111NO5/c1-3-5-7-9-11-13-15-17-19-21-23-25-26-27-28-29-30-31-32-34-36-38-40-42-44-46-48-50-52-56(62)58(64)59-54(53-60)57(63)55(61)51-49-47-45-43-41-39-37-35-33-24-22-20-18-16-14-12-10-8-6-4-2/h23,25,27-28,43,45,54-57,60-63H,3-22,24,26,29-42,44,46-53H2,1-2H3,(H,59,64)/b25-23-,28-27-,45-43+. The number of allylic oxidation sites excluding steroid dienone is 6. The molecule has 0 aromatic heterocycles. The van der Waals surface area contributed by atoms with Gasteiger partial charge in [0.15, 0.2) is 0 Å². The van der Waals surface area contributed by atoms with Crippen LogP contribution >= 0.6 is 0 Å². The van der Waals surface area contributed by atoms with Crippen molar-refractivity contribution in [1.29, 1.82) is 0 Å². The zero-order valence-corrected chi connectivity index (χ0v) is 42.8. The van der Waals surface area contributed by atoms with Gasteiger partial charge in [0, 0.05) is 0 Å². The van der Waals surface area contributed by atoms with Crippen molar-refractivity contribution in [3.05, 3.63) is 36.5 Å². The maximum Gasteiger partial charge on any atom is 0.249 e. The Balaban J connectivity index is 3.66. The molecule has 0 saturated heterocycles. The molecular formula is C58H111NO5. The minimum Gasteiger partial charge on any atom is -0.394 e. The van der Waals surface area contributed by atoms with E-state index in [1.54, 1.807) is 0 Å². The second-order valence-electron chi connectivity index (χ2n) is 19.6. The minimum atomic E-state index is -1.28. The summed E-state index contributed by atoms with van der Waals surface area (Å²) in [6, 6.07) is -1.00. The Labute approximate surface area is 398 Å². The van der Waals surface area contributed by atoms with Gasteiger partial charge in [-0.3, -0.25) is 4.79 Å². The Bertz CT molecular complexity index is 1010. The van der Waals surface area contributed by atoms with Crippen LogP contribution in [0.1, 0.15) is 296 Å². The van der Waals surface area contributed by atoms with Gasteiger partial charge in [0.1, 0.15) is 12.2 Å². The molecule has 0 saturated carbocycles. The molecule has 4 unspecified atom stereocenters. The number of amides is 1. The number of hydrogen-bond acceptors (Lipinski definition) is 5. The number of rotatable bonds is 52. The van der Waals surface area contributed by atoms with E-state index in [2.05, 4.69) is 55.6 Å². The van der Waals surface area contributed by atoms with Gasteiger partial charge in [-0.15, -0.1) is 0 Å². The van der Waals surface area contributed by atoms with Gasteiger partial charge in [0.05, 0.1) is 18.8 Å². The van der Waals surface area contributed by atoms with Crippen LogP contribution in [0.5, 0.6) is 0 Å². The van der Waals surface area contributed by atoms with Crippen LogP contribution in [0.4, 0.5) is 0 Å². The van der Waals surface area contributed by atoms with Crippen LogP contribution in [0.3, 0.4) is 0 Å². The first-order chi connectivity index (χ1) is 31.5. The van der Waals surface area contributed by atoms with E-state index in [1.165, 1.54) is 225 Å². The average Bonchev–Trinajstić information content (AvgIpc) is 3.30. The van der Waals surface area contributed by atoms with E-state index in [9.17, 15) is 25.2 Å². The number of aliphatic hydroxyl groups is 4. The molecule has 0 radical (unpaired) electrons. The fourth-order valence-corrected chi connectivity index (χ4v) is 8.85. The van der Waals surface area contributed by atoms with Crippen LogP contribution in [0.25, 0.3) is 0 Å². The van der Waals surface area contributed by atoms with Gasteiger partial charge in [-0.1, -0.05) is 262 Å². The van der Waals surface area contributed by atoms with E-state index in [4.69, 9.17) is 0 Å². The fourth-order valence-electron chi connectivity index (χ4n) is 8.85. The smallest absolute Gasteiger partial charge is 0.249 e. The first kappa shape index (κ1) is 62.5.